The number of hydrogen-bond acceptors (Lipinski definition) is 3. The van der Waals surface area contributed by atoms with E-state index in [1.807, 2.05) is 6.92 Å². The van der Waals surface area contributed by atoms with Crippen molar-refractivity contribution in [2.45, 2.75) is 32.2 Å². The van der Waals surface area contributed by atoms with Crippen LogP contribution in [0.25, 0.3) is 6.08 Å². The van der Waals surface area contributed by atoms with Crippen LogP contribution >= 0.6 is 0 Å². The van der Waals surface area contributed by atoms with E-state index in [4.69, 9.17) is 10.8 Å². The van der Waals surface area contributed by atoms with Crippen LogP contribution in [0.5, 0.6) is 0 Å². The number of carbonyl (C=O) groups is 2. The fourth-order valence-electron chi connectivity index (χ4n) is 1.68. The average molecular weight is 276 g/mol. The van der Waals surface area contributed by atoms with Crippen molar-refractivity contribution in [2.75, 3.05) is 5.32 Å². The maximum atomic E-state index is 11.8. The number of amides is 1. The number of nitrogens with two attached hydrogens (primary N) is 1. The monoisotopic (exact) mass is 276 g/mol. The predicted molar refractivity (Wildman–Crippen MR) is 79.2 cm³/mol. The molecule has 1 aromatic carbocycles. The zero-order chi connectivity index (χ0) is 15.0. The van der Waals surface area contributed by atoms with Crippen LogP contribution in [0.4, 0.5) is 5.69 Å². The molecule has 108 valence electrons. The van der Waals surface area contributed by atoms with Crippen LogP contribution in [0.15, 0.2) is 30.3 Å². The van der Waals surface area contributed by atoms with Gasteiger partial charge in [0.1, 0.15) is 0 Å². The molecular weight excluding hydrogens is 256 g/mol. The molecule has 0 radical (unpaired) electrons. The largest absolute Gasteiger partial charge is 0.478 e. The number of carbonyl (C=O) groups excluding carboxylic acids is 1. The van der Waals surface area contributed by atoms with E-state index in [1.54, 1.807) is 24.3 Å². The Morgan fingerprint density at radius 1 is 1.45 bits per heavy atom. The quantitative estimate of drug-likeness (QED) is 0.666. The van der Waals surface area contributed by atoms with E-state index in [2.05, 4.69) is 5.32 Å². The van der Waals surface area contributed by atoms with Crippen LogP contribution in [0, 0.1) is 0 Å². The van der Waals surface area contributed by atoms with Crippen LogP contribution in [-0.2, 0) is 9.59 Å². The molecule has 1 unspecified atom stereocenters. The van der Waals surface area contributed by atoms with Gasteiger partial charge in [0.05, 0.1) is 6.04 Å². The van der Waals surface area contributed by atoms with E-state index in [1.165, 1.54) is 6.08 Å². The van der Waals surface area contributed by atoms with Crippen molar-refractivity contribution in [3.8, 4) is 0 Å². The smallest absolute Gasteiger partial charge is 0.328 e. The van der Waals surface area contributed by atoms with Gasteiger partial charge < -0.3 is 16.2 Å². The summed E-state index contributed by atoms with van der Waals surface area (Å²) in [6.45, 7) is 2.04. The highest BCUT2D eigenvalue weighted by Gasteiger charge is 2.12. The number of carboxylic acids is 1. The van der Waals surface area contributed by atoms with Crippen LogP contribution < -0.4 is 11.1 Å². The molecule has 0 aromatic heterocycles. The molecule has 1 rings (SSSR count). The molecule has 0 heterocycles. The average Bonchev–Trinajstić information content (AvgIpc) is 2.42. The summed E-state index contributed by atoms with van der Waals surface area (Å²) < 4.78 is 0. The third kappa shape index (κ3) is 5.67. The van der Waals surface area contributed by atoms with Gasteiger partial charge in [0.2, 0.25) is 5.91 Å². The van der Waals surface area contributed by atoms with Gasteiger partial charge in [0.25, 0.3) is 0 Å². The molecule has 0 spiro atoms. The summed E-state index contributed by atoms with van der Waals surface area (Å²) in [6, 6.07) is 6.42. The molecule has 0 saturated carbocycles. The highest BCUT2D eigenvalue weighted by Crippen LogP contribution is 2.13. The van der Waals surface area contributed by atoms with Gasteiger partial charge in [-0.2, -0.15) is 0 Å². The molecule has 0 fully saturated rings. The number of unbranched alkanes of at least 4 members (excludes halogenated alkanes) is 1. The lowest BCUT2D eigenvalue weighted by atomic mass is 10.1. The number of rotatable bonds is 7. The minimum atomic E-state index is -1.01. The first kappa shape index (κ1) is 15.9. The maximum Gasteiger partial charge on any atom is 0.328 e. The second-order valence-corrected chi connectivity index (χ2v) is 4.54. The second-order valence-electron chi connectivity index (χ2n) is 4.54. The lowest BCUT2D eigenvalue weighted by molar-refractivity contribution is -0.131. The van der Waals surface area contributed by atoms with Crippen LogP contribution in [0.3, 0.4) is 0 Å². The van der Waals surface area contributed by atoms with Crippen molar-refractivity contribution in [2.24, 2.45) is 5.73 Å². The fourth-order valence-corrected chi connectivity index (χ4v) is 1.68. The van der Waals surface area contributed by atoms with Gasteiger partial charge in [-0.05, 0) is 30.2 Å². The number of nitrogens with one attached hydrogen (secondary N) is 1. The molecule has 1 amide bonds. The van der Waals surface area contributed by atoms with Gasteiger partial charge in [-0.25, -0.2) is 4.79 Å². The van der Waals surface area contributed by atoms with Gasteiger partial charge in [-0.15, -0.1) is 0 Å². The number of aliphatic carboxylic acids is 1. The maximum absolute atomic E-state index is 11.8. The van der Waals surface area contributed by atoms with E-state index < -0.39 is 12.0 Å². The lowest BCUT2D eigenvalue weighted by Gasteiger charge is -2.12. The Balaban J connectivity index is 2.66. The van der Waals surface area contributed by atoms with Crippen molar-refractivity contribution in [1.29, 1.82) is 0 Å². The zero-order valence-electron chi connectivity index (χ0n) is 11.5. The summed E-state index contributed by atoms with van der Waals surface area (Å²) >= 11 is 0. The number of benzene rings is 1. The molecule has 0 aliphatic rings. The normalized spacial score (nSPS) is 12.3. The van der Waals surface area contributed by atoms with Crippen LogP contribution in [0.1, 0.15) is 31.7 Å². The Bertz CT molecular complexity index is 498. The Morgan fingerprint density at radius 2 is 2.20 bits per heavy atom. The third-order valence-electron chi connectivity index (χ3n) is 2.78. The third-order valence-corrected chi connectivity index (χ3v) is 2.78. The molecule has 5 nitrogen and oxygen atoms in total. The Kier molecular flexibility index (Phi) is 6.46. The summed E-state index contributed by atoms with van der Waals surface area (Å²) in [7, 11) is 0. The van der Waals surface area contributed by atoms with Gasteiger partial charge in [-0.1, -0.05) is 31.9 Å². The van der Waals surface area contributed by atoms with Crippen molar-refractivity contribution in [3.05, 3.63) is 35.9 Å². The molecule has 0 aliphatic heterocycles. The van der Waals surface area contributed by atoms with E-state index in [0.717, 1.165) is 18.9 Å². The van der Waals surface area contributed by atoms with Crippen LogP contribution in [-0.4, -0.2) is 23.0 Å². The zero-order valence-corrected chi connectivity index (χ0v) is 11.5. The minimum Gasteiger partial charge on any atom is -0.478 e. The van der Waals surface area contributed by atoms with Crippen molar-refractivity contribution in [3.63, 3.8) is 0 Å². The molecule has 0 saturated heterocycles. The predicted octanol–water partition coefficient (Wildman–Crippen LogP) is 2.24. The molecular formula is C15H20N2O3. The SMILES string of the molecule is CCCCC(N)C(=O)Nc1cccc(/C=C/C(=O)O)c1. The molecule has 4 N–H and O–H groups in total. The van der Waals surface area contributed by atoms with Crippen molar-refractivity contribution in [1.82, 2.24) is 0 Å². The first-order chi connectivity index (χ1) is 9.52. The summed E-state index contributed by atoms with van der Waals surface area (Å²) in [5.74, 6) is -1.24. The summed E-state index contributed by atoms with van der Waals surface area (Å²) in [6.07, 6.45) is 5.08. The first-order valence-corrected chi connectivity index (χ1v) is 6.60. The lowest BCUT2D eigenvalue weighted by Crippen LogP contribution is -2.35. The van der Waals surface area contributed by atoms with Gasteiger partial charge in [0, 0.05) is 11.8 Å². The van der Waals surface area contributed by atoms with E-state index in [0.29, 0.717) is 17.7 Å². The summed E-state index contributed by atoms with van der Waals surface area (Å²) in [5.41, 5.74) is 7.09. The second kappa shape index (κ2) is 8.12. The molecule has 0 bridgehead atoms. The molecule has 5 heteroatoms. The van der Waals surface area contributed by atoms with E-state index in [9.17, 15) is 9.59 Å². The number of hydrogen-bond donors (Lipinski definition) is 3. The molecule has 20 heavy (non-hydrogen) atoms. The first-order valence-electron chi connectivity index (χ1n) is 6.60. The van der Waals surface area contributed by atoms with E-state index in [-0.39, 0.29) is 5.91 Å². The minimum absolute atomic E-state index is 0.224. The summed E-state index contributed by atoms with van der Waals surface area (Å²) in [5, 5.41) is 11.3. The van der Waals surface area contributed by atoms with Gasteiger partial charge >= 0.3 is 5.97 Å². The fraction of sp³-hybridized carbons (Fsp3) is 0.333. The molecule has 1 atom stereocenters. The topological polar surface area (TPSA) is 92.4 Å². The number of carboxylic acid groups (broad SMARTS) is 1. The van der Waals surface area contributed by atoms with Crippen molar-refractivity contribution < 1.29 is 14.7 Å². The highest BCUT2D eigenvalue weighted by atomic mass is 16.4. The Morgan fingerprint density at radius 3 is 2.85 bits per heavy atom. The Labute approximate surface area is 118 Å². The highest BCUT2D eigenvalue weighted by molar-refractivity contribution is 5.95. The molecule has 0 aliphatic carbocycles. The van der Waals surface area contributed by atoms with Gasteiger partial charge in [0.15, 0.2) is 0 Å². The Hall–Kier alpha value is -2.14. The van der Waals surface area contributed by atoms with E-state index >= 15 is 0 Å². The van der Waals surface area contributed by atoms with Gasteiger partial charge in [-0.3, -0.25) is 4.79 Å². The van der Waals surface area contributed by atoms with Crippen LogP contribution in [0.2, 0.25) is 0 Å². The number of anilines is 1. The molecule has 1 aromatic rings. The standard InChI is InChI=1S/C15H20N2O3/c1-2-3-7-13(16)15(20)17-12-6-4-5-11(10-12)8-9-14(18)19/h4-6,8-10,13H,2-3,7,16H2,1H3,(H,17,20)(H,18,19)/b9-8+. The van der Waals surface area contributed by atoms with Crippen molar-refractivity contribution >= 4 is 23.6 Å². The summed E-state index contributed by atoms with van der Waals surface area (Å²) in [4.78, 5) is 22.3.